The fourth-order valence-corrected chi connectivity index (χ4v) is 0.540. The number of carboxylic acid groups (broad SMARTS) is 1. The Morgan fingerprint density at radius 3 is 2.75 bits per heavy atom. The zero-order valence-electron chi connectivity index (χ0n) is 12.0. The number of amides is 1. The molecule has 12 heavy (non-hydrogen) atoms. The molecule has 0 fully saturated rings. The van der Waals surface area contributed by atoms with E-state index >= 15 is 0 Å². The summed E-state index contributed by atoms with van der Waals surface area (Å²) in [7, 11) is 0. The van der Waals surface area contributed by atoms with Gasteiger partial charge in [-0.1, -0.05) is 13.8 Å². The van der Waals surface area contributed by atoms with Crippen molar-refractivity contribution in [2.75, 3.05) is 0 Å². The highest BCUT2D eigenvalue weighted by Crippen LogP contribution is 2.04. The van der Waals surface area contributed by atoms with Crippen LogP contribution in [-0.4, -0.2) is 23.0 Å². The van der Waals surface area contributed by atoms with Gasteiger partial charge in [-0.3, -0.25) is 4.79 Å². The molecular weight excluding hydrogens is 158 g/mol. The van der Waals surface area contributed by atoms with Gasteiger partial charge in [-0.25, -0.2) is 4.79 Å². The quantitative estimate of drug-likeness (QED) is 0.663. The number of hydrogen-bond donors (Lipinski definition) is 2. The third-order valence-electron chi connectivity index (χ3n) is 0.864. The van der Waals surface area contributed by atoms with E-state index in [4.69, 9.17) is 12.0 Å². The van der Waals surface area contributed by atoms with Crippen molar-refractivity contribution in [2.45, 2.75) is 33.1 Å². The van der Waals surface area contributed by atoms with Crippen LogP contribution in [0.1, 0.15) is 32.6 Å². The minimum atomic E-state index is -3.07. The van der Waals surface area contributed by atoms with Crippen LogP contribution in [0.25, 0.3) is 0 Å². The first-order valence-electron chi connectivity index (χ1n) is 6.03. The molecule has 0 aromatic heterocycles. The second-order valence-electron chi connectivity index (χ2n) is 2.46. The minimum absolute atomic E-state index is 0.275. The molecule has 0 aromatic rings. The van der Waals surface area contributed by atoms with Crippen molar-refractivity contribution in [2.24, 2.45) is 5.92 Å². The molecule has 0 saturated carbocycles. The van der Waals surface area contributed by atoms with Gasteiger partial charge in [-0.05, 0) is 12.3 Å². The molecule has 0 bridgehead atoms. The van der Waals surface area contributed by atoms with Crippen molar-refractivity contribution < 1.29 is 21.6 Å². The Morgan fingerprint density at radius 1 is 1.83 bits per heavy atom. The van der Waals surface area contributed by atoms with Gasteiger partial charge < -0.3 is 10.4 Å². The van der Waals surface area contributed by atoms with E-state index in [-0.39, 0.29) is 5.31 Å². The first-order valence-corrected chi connectivity index (χ1v) is 3.38. The van der Waals surface area contributed by atoms with E-state index in [0.29, 0.717) is 0 Å². The summed E-state index contributed by atoms with van der Waals surface area (Å²) < 4.78 is 36.8. The van der Waals surface area contributed by atoms with Crippen LogP contribution in [-0.2, 0) is 9.59 Å². The van der Waals surface area contributed by atoms with Crippen molar-refractivity contribution in [3.63, 3.8) is 0 Å². The van der Waals surface area contributed by atoms with E-state index in [9.17, 15) is 9.59 Å². The molecule has 70 valence electrons. The van der Waals surface area contributed by atoms with Crippen LogP contribution >= 0.6 is 0 Å². The number of hydrogen-bond acceptors (Lipinski definition) is 2. The van der Waals surface area contributed by atoms with Crippen molar-refractivity contribution in [3.8, 4) is 0 Å². The van der Waals surface area contributed by atoms with Crippen LogP contribution in [0, 0.1) is 5.92 Å². The lowest BCUT2D eigenvalue weighted by Crippen LogP contribution is -2.40. The summed E-state index contributed by atoms with van der Waals surface area (Å²) in [6.07, 6.45) is -2.62. The Morgan fingerprint density at radius 2 is 2.42 bits per heavy atom. The molecule has 0 aliphatic carbocycles. The summed E-state index contributed by atoms with van der Waals surface area (Å²) in [4.78, 5) is 22.2. The fraction of sp³-hybridized carbons (Fsp3) is 0.750. The first-order chi connectivity index (χ1) is 7.53. The molecule has 0 aliphatic heterocycles. The maximum atomic E-state index is 11.1. The maximum absolute atomic E-state index is 11.1. The molecule has 0 radical (unpaired) electrons. The molecular formula is C8H15NO3. The van der Waals surface area contributed by atoms with Gasteiger partial charge in [0.25, 0.3) is 0 Å². The van der Waals surface area contributed by atoms with Gasteiger partial charge in [-0.15, -0.1) is 0 Å². The van der Waals surface area contributed by atoms with E-state index in [1.807, 2.05) is 0 Å². The SMILES string of the molecule is [2H]CC(=O)N([2H])[C@]([2H])(C(=O)O)C([2H])([2H])C(C)C. The Kier molecular flexibility index (Phi) is 1.91. The van der Waals surface area contributed by atoms with Crippen LogP contribution in [0.2, 0.25) is 1.41 Å². The molecule has 1 amide bonds. The third-order valence-corrected chi connectivity index (χ3v) is 0.864. The van der Waals surface area contributed by atoms with E-state index in [1.165, 1.54) is 13.8 Å². The molecule has 4 nitrogen and oxygen atoms in total. The second kappa shape index (κ2) is 4.74. The standard InChI is InChI=1S/C8H15NO3/c1-5(2)4-7(8(11)12)9-6(3)10/h5,7H,4H2,1-3H3,(H,9,10)(H,11,12)/t7-/m0/s1/i3D,4D2,7D/hD. The summed E-state index contributed by atoms with van der Waals surface area (Å²) >= 11 is 0. The van der Waals surface area contributed by atoms with Crippen molar-refractivity contribution in [1.29, 1.82) is 0 Å². The summed E-state index contributed by atoms with van der Waals surface area (Å²) in [5.41, 5.74) is 0. The van der Waals surface area contributed by atoms with Crippen molar-refractivity contribution in [3.05, 3.63) is 0 Å². The highest BCUT2D eigenvalue weighted by molar-refractivity contribution is 5.81. The lowest BCUT2D eigenvalue weighted by atomic mass is 10.0. The molecule has 0 unspecified atom stereocenters. The molecule has 0 spiro atoms. The van der Waals surface area contributed by atoms with Crippen LogP contribution in [0.4, 0.5) is 0 Å². The molecule has 0 aromatic carbocycles. The molecule has 2 N–H and O–H groups in total. The maximum Gasteiger partial charge on any atom is 0.326 e. The second-order valence-corrected chi connectivity index (χ2v) is 2.46. The number of carbonyl (C=O) groups is 2. The lowest BCUT2D eigenvalue weighted by Gasteiger charge is -2.14. The highest BCUT2D eigenvalue weighted by atomic mass is 16.4. The summed E-state index contributed by atoms with van der Waals surface area (Å²) in [6.45, 7) is 1.79. The lowest BCUT2D eigenvalue weighted by molar-refractivity contribution is -0.142. The topological polar surface area (TPSA) is 66.4 Å². The Bertz CT molecular complexity index is 322. The monoisotopic (exact) mass is 178 g/mol. The molecule has 4 heteroatoms. The number of rotatable bonds is 4. The number of carboxylic acids is 1. The van der Waals surface area contributed by atoms with E-state index in [0.717, 1.165) is 0 Å². The van der Waals surface area contributed by atoms with Crippen molar-refractivity contribution >= 4 is 11.9 Å². The average Bonchev–Trinajstić information content (AvgIpc) is 2.24. The van der Waals surface area contributed by atoms with Gasteiger partial charge in [0, 0.05) is 11.0 Å². The Labute approximate surface area is 79.0 Å². The first kappa shape index (κ1) is 4.84. The Hall–Kier alpha value is -1.06. The van der Waals surface area contributed by atoms with E-state index in [1.54, 1.807) is 0 Å². The smallest absolute Gasteiger partial charge is 0.326 e. The van der Waals surface area contributed by atoms with Crippen molar-refractivity contribution in [1.82, 2.24) is 5.31 Å². The van der Waals surface area contributed by atoms with Crippen LogP contribution in [0.15, 0.2) is 0 Å². The van der Waals surface area contributed by atoms with Gasteiger partial charge in [0.05, 0.1) is 1.37 Å². The fourth-order valence-electron chi connectivity index (χ4n) is 0.540. The van der Waals surface area contributed by atoms with Gasteiger partial charge >= 0.3 is 5.97 Å². The number of nitrogens with one attached hydrogen (secondary N) is 1. The summed E-state index contributed by atoms with van der Waals surface area (Å²) in [6, 6.07) is -3.07. The Balaban J connectivity index is 5.62. The summed E-state index contributed by atoms with van der Waals surface area (Å²) in [5, 5.41) is 8.65. The minimum Gasteiger partial charge on any atom is -0.480 e. The van der Waals surface area contributed by atoms with E-state index < -0.39 is 37.1 Å². The molecule has 0 aliphatic rings. The number of carbonyl (C=O) groups excluding carboxylic acids is 1. The highest BCUT2D eigenvalue weighted by Gasteiger charge is 2.18. The zero-order valence-corrected chi connectivity index (χ0v) is 7.00. The number of aliphatic carboxylic acids is 1. The molecule has 0 rings (SSSR count). The molecule has 0 heterocycles. The van der Waals surface area contributed by atoms with Crippen LogP contribution in [0.5, 0.6) is 0 Å². The normalized spacial score (nSPS) is 22.4. The third kappa shape index (κ3) is 4.71. The van der Waals surface area contributed by atoms with Gasteiger partial charge in [0.2, 0.25) is 5.91 Å². The van der Waals surface area contributed by atoms with Gasteiger partial charge in [0.1, 0.15) is 6.02 Å². The predicted octanol–water partition coefficient (Wildman–Crippen LogP) is 0.622. The largest absolute Gasteiger partial charge is 0.480 e. The van der Waals surface area contributed by atoms with E-state index in [2.05, 4.69) is 0 Å². The summed E-state index contributed by atoms with van der Waals surface area (Å²) in [5.74, 6) is -4.07. The zero-order chi connectivity index (χ0) is 14.0. The molecule has 1 atom stereocenters. The van der Waals surface area contributed by atoms with Crippen LogP contribution < -0.4 is 5.31 Å². The average molecular weight is 178 g/mol. The van der Waals surface area contributed by atoms with Gasteiger partial charge in [0.15, 0.2) is 1.41 Å². The van der Waals surface area contributed by atoms with Crippen LogP contribution in [0.3, 0.4) is 0 Å². The molecule has 0 saturated heterocycles. The van der Waals surface area contributed by atoms with Gasteiger partial charge in [-0.2, -0.15) is 0 Å². The predicted molar refractivity (Wildman–Crippen MR) is 44.7 cm³/mol.